The normalized spacial score (nSPS) is 14.5. The van der Waals surface area contributed by atoms with E-state index in [0.717, 1.165) is 23.1 Å². The SMILES string of the molecule is CCc1ccccc1NC(=O)CN1CCN(C(=O)Cn2cnc3c(oc4ccccc43)c2=O)CC1. The fraction of sp³-hybridized carbons (Fsp3) is 0.308. The van der Waals surface area contributed by atoms with Gasteiger partial charge in [0.2, 0.25) is 17.4 Å². The van der Waals surface area contributed by atoms with Crippen molar-refractivity contribution < 1.29 is 14.0 Å². The van der Waals surface area contributed by atoms with Crippen LogP contribution in [0.1, 0.15) is 12.5 Å². The molecule has 0 unspecified atom stereocenters. The van der Waals surface area contributed by atoms with Gasteiger partial charge < -0.3 is 14.6 Å². The molecular formula is C26H27N5O4. The molecule has 2 aromatic carbocycles. The highest BCUT2D eigenvalue weighted by molar-refractivity contribution is 6.01. The van der Waals surface area contributed by atoms with E-state index in [1.807, 2.05) is 47.4 Å². The summed E-state index contributed by atoms with van der Waals surface area (Å²) in [4.78, 5) is 46.4. The van der Waals surface area contributed by atoms with Crippen molar-refractivity contribution in [3.8, 4) is 0 Å². The summed E-state index contributed by atoms with van der Waals surface area (Å²) in [7, 11) is 0. The van der Waals surface area contributed by atoms with E-state index in [0.29, 0.717) is 37.3 Å². The third kappa shape index (κ3) is 4.67. The molecule has 2 amide bonds. The summed E-state index contributed by atoms with van der Waals surface area (Å²) in [5.74, 6) is -0.229. The first-order valence-corrected chi connectivity index (χ1v) is 11.8. The van der Waals surface area contributed by atoms with E-state index < -0.39 is 0 Å². The Balaban J connectivity index is 1.18. The van der Waals surface area contributed by atoms with Crippen molar-refractivity contribution in [2.75, 3.05) is 38.0 Å². The van der Waals surface area contributed by atoms with E-state index >= 15 is 0 Å². The summed E-state index contributed by atoms with van der Waals surface area (Å²) in [6.45, 7) is 4.38. The average Bonchev–Trinajstić information content (AvgIpc) is 3.26. The minimum absolute atomic E-state index is 0.0672. The monoisotopic (exact) mass is 473 g/mol. The van der Waals surface area contributed by atoms with Crippen molar-refractivity contribution in [2.24, 2.45) is 0 Å². The second-order valence-electron chi connectivity index (χ2n) is 8.67. The topological polar surface area (TPSA) is 101 Å². The highest BCUT2D eigenvalue weighted by atomic mass is 16.3. The van der Waals surface area contributed by atoms with Crippen LogP contribution in [0.2, 0.25) is 0 Å². The Morgan fingerprint density at radius 1 is 1.00 bits per heavy atom. The molecule has 1 N–H and O–H groups in total. The number of furan rings is 1. The molecule has 1 saturated heterocycles. The molecule has 2 aromatic heterocycles. The van der Waals surface area contributed by atoms with Crippen LogP contribution in [-0.2, 0) is 22.6 Å². The van der Waals surface area contributed by atoms with Gasteiger partial charge in [0.25, 0.3) is 5.56 Å². The van der Waals surface area contributed by atoms with Crippen LogP contribution in [0, 0.1) is 0 Å². The van der Waals surface area contributed by atoms with Crippen LogP contribution in [0.3, 0.4) is 0 Å². The minimum atomic E-state index is -0.373. The third-order valence-electron chi connectivity index (χ3n) is 6.42. The number of piperazine rings is 1. The number of carbonyl (C=O) groups is 2. The zero-order valence-electron chi connectivity index (χ0n) is 19.6. The number of nitrogens with one attached hydrogen (secondary N) is 1. The number of anilines is 1. The van der Waals surface area contributed by atoms with E-state index in [1.165, 1.54) is 10.9 Å². The van der Waals surface area contributed by atoms with Crippen LogP contribution in [0.25, 0.3) is 22.1 Å². The van der Waals surface area contributed by atoms with Crippen LogP contribution in [0.15, 0.2) is 64.1 Å². The number of rotatable bonds is 6. The van der Waals surface area contributed by atoms with Gasteiger partial charge in [0.1, 0.15) is 17.6 Å². The lowest BCUT2D eigenvalue weighted by atomic mass is 10.1. The number of para-hydroxylation sites is 2. The molecule has 1 aliphatic heterocycles. The Labute approximate surface area is 201 Å². The predicted molar refractivity (Wildman–Crippen MR) is 133 cm³/mol. The molecule has 3 heterocycles. The molecule has 0 spiro atoms. The maximum Gasteiger partial charge on any atom is 0.297 e. The minimum Gasteiger partial charge on any atom is -0.448 e. The molecule has 0 atom stereocenters. The van der Waals surface area contributed by atoms with E-state index in [4.69, 9.17) is 4.42 Å². The zero-order valence-corrected chi connectivity index (χ0v) is 19.6. The van der Waals surface area contributed by atoms with Crippen molar-refractivity contribution in [1.82, 2.24) is 19.4 Å². The lowest BCUT2D eigenvalue weighted by Crippen LogP contribution is -2.51. The fourth-order valence-corrected chi connectivity index (χ4v) is 4.47. The van der Waals surface area contributed by atoms with Gasteiger partial charge >= 0.3 is 0 Å². The molecule has 35 heavy (non-hydrogen) atoms. The van der Waals surface area contributed by atoms with Gasteiger partial charge in [0.15, 0.2) is 0 Å². The number of hydrogen-bond acceptors (Lipinski definition) is 6. The van der Waals surface area contributed by atoms with Crippen LogP contribution in [-0.4, -0.2) is 63.9 Å². The van der Waals surface area contributed by atoms with Crippen LogP contribution >= 0.6 is 0 Å². The van der Waals surface area contributed by atoms with Crippen LogP contribution in [0.5, 0.6) is 0 Å². The number of aromatic nitrogens is 2. The van der Waals surface area contributed by atoms with Gasteiger partial charge in [-0.2, -0.15) is 0 Å². The number of aryl methyl sites for hydroxylation is 1. The van der Waals surface area contributed by atoms with Crippen molar-refractivity contribution in [1.29, 1.82) is 0 Å². The number of amides is 2. The number of nitrogens with zero attached hydrogens (tertiary/aromatic N) is 4. The van der Waals surface area contributed by atoms with Gasteiger partial charge in [-0.15, -0.1) is 0 Å². The molecule has 9 heteroatoms. The van der Waals surface area contributed by atoms with E-state index in [-0.39, 0.29) is 36.0 Å². The molecule has 0 saturated carbocycles. The summed E-state index contributed by atoms with van der Waals surface area (Å²) >= 11 is 0. The molecule has 0 radical (unpaired) electrons. The largest absolute Gasteiger partial charge is 0.448 e. The maximum absolute atomic E-state index is 12.9. The first-order valence-electron chi connectivity index (χ1n) is 11.8. The van der Waals surface area contributed by atoms with Gasteiger partial charge in [-0.05, 0) is 30.2 Å². The van der Waals surface area contributed by atoms with Gasteiger partial charge in [0.05, 0.1) is 12.9 Å². The zero-order chi connectivity index (χ0) is 24.4. The molecule has 5 rings (SSSR count). The van der Waals surface area contributed by atoms with Crippen molar-refractivity contribution in [3.63, 3.8) is 0 Å². The Morgan fingerprint density at radius 2 is 1.74 bits per heavy atom. The molecule has 180 valence electrons. The summed E-state index contributed by atoms with van der Waals surface area (Å²) in [6.07, 6.45) is 2.25. The molecule has 1 aliphatic rings. The van der Waals surface area contributed by atoms with Crippen molar-refractivity contribution in [2.45, 2.75) is 19.9 Å². The predicted octanol–water partition coefficient (Wildman–Crippen LogP) is 2.49. The van der Waals surface area contributed by atoms with Crippen molar-refractivity contribution >= 4 is 39.6 Å². The summed E-state index contributed by atoms with van der Waals surface area (Å²) in [5.41, 5.74) is 2.82. The lowest BCUT2D eigenvalue weighted by molar-refractivity contribution is -0.133. The molecule has 4 aromatic rings. The Morgan fingerprint density at radius 3 is 2.54 bits per heavy atom. The molecule has 0 bridgehead atoms. The van der Waals surface area contributed by atoms with Gasteiger partial charge in [-0.1, -0.05) is 37.3 Å². The van der Waals surface area contributed by atoms with Crippen LogP contribution in [0.4, 0.5) is 5.69 Å². The van der Waals surface area contributed by atoms with Gasteiger partial charge in [0, 0.05) is 37.3 Å². The number of carbonyl (C=O) groups excluding carboxylic acids is 2. The van der Waals surface area contributed by atoms with E-state index in [2.05, 4.69) is 17.2 Å². The van der Waals surface area contributed by atoms with E-state index in [1.54, 1.807) is 11.0 Å². The highest BCUT2D eigenvalue weighted by Gasteiger charge is 2.24. The maximum atomic E-state index is 12.9. The Bertz CT molecular complexity index is 1450. The summed E-state index contributed by atoms with van der Waals surface area (Å²) in [5, 5.41) is 3.77. The molecule has 9 nitrogen and oxygen atoms in total. The van der Waals surface area contributed by atoms with Gasteiger partial charge in [-0.25, -0.2) is 4.98 Å². The molecular weight excluding hydrogens is 446 g/mol. The second kappa shape index (κ2) is 9.71. The third-order valence-corrected chi connectivity index (χ3v) is 6.42. The quantitative estimate of drug-likeness (QED) is 0.462. The Kier molecular flexibility index (Phi) is 6.33. The smallest absolute Gasteiger partial charge is 0.297 e. The average molecular weight is 474 g/mol. The fourth-order valence-electron chi connectivity index (χ4n) is 4.47. The second-order valence-corrected chi connectivity index (χ2v) is 8.67. The highest BCUT2D eigenvalue weighted by Crippen LogP contribution is 2.24. The van der Waals surface area contributed by atoms with E-state index in [9.17, 15) is 14.4 Å². The Hall–Kier alpha value is -3.98. The lowest BCUT2D eigenvalue weighted by Gasteiger charge is -2.34. The first kappa shape index (κ1) is 22.8. The standard InChI is InChI=1S/C26H27N5O4/c1-2-18-7-3-5-9-20(18)28-22(32)15-29-11-13-30(14-12-29)23(33)16-31-17-27-24-19-8-4-6-10-21(19)35-25(24)26(31)34/h3-10,17H,2,11-16H2,1H3,(H,28,32). The first-order chi connectivity index (χ1) is 17.0. The number of hydrogen-bond donors (Lipinski definition) is 1. The summed E-state index contributed by atoms with van der Waals surface area (Å²) < 4.78 is 6.98. The van der Waals surface area contributed by atoms with Crippen molar-refractivity contribution in [3.05, 3.63) is 70.8 Å². The van der Waals surface area contributed by atoms with Crippen LogP contribution < -0.4 is 10.9 Å². The van der Waals surface area contributed by atoms with Gasteiger partial charge in [-0.3, -0.25) is 23.9 Å². The molecule has 0 aliphatic carbocycles. The summed E-state index contributed by atoms with van der Waals surface area (Å²) in [6, 6.07) is 15.1. The number of benzene rings is 2. The number of fused-ring (bicyclic) bond motifs is 3. The molecule has 1 fully saturated rings.